The summed E-state index contributed by atoms with van der Waals surface area (Å²) in [4.78, 5) is 23.5. The average Bonchev–Trinajstić information content (AvgIpc) is 2.58. The van der Waals surface area contributed by atoms with Gasteiger partial charge in [-0.3, -0.25) is 9.59 Å². The summed E-state index contributed by atoms with van der Waals surface area (Å²) < 4.78 is 5.48. The molecule has 0 bridgehead atoms. The smallest absolute Gasteiger partial charge is 0.231 e. The van der Waals surface area contributed by atoms with Gasteiger partial charge in [-0.05, 0) is 37.1 Å². The molecule has 1 rings (SSSR count). The summed E-state index contributed by atoms with van der Waals surface area (Å²) in [5, 5.41) is 5.44. The molecule has 0 saturated carbocycles. The van der Waals surface area contributed by atoms with E-state index in [-0.39, 0.29) is 24.2 Å². The van der Waals surface area contributed by atoms with Crippen LogP contribution in [0.5, 0.6) is 5.75 Å². The summed E-state index contributed by atoms with van der Waals surface area (Å²) in [6.07, 6.45) is 1.71. The average molecular weight is 358 g/mol. The molecule has 4 N–H and O–H groups in total. The minimum atomic E-state index is -0.525. The fraction of sp³-hybridized carbons (Fsp3) is 0.529. The molecule has 0 heterocycles. The quantitative estimate of drug-likeness (QED) is 0.632. The Morgan fingerprint density at radius 3 is 2.21 bits per heavy atom. The molecule has 0 unspecified atom stereocenters. The van der Waals surface area contributed by atoms with Gasteiger partial charge in [0.1, 0.15) is 5.75 Å². The molecule has 136 valence electrons. The van der Waals surface area contributed by atoms with Crippen LogP contribution in [-0.2, 0) is 9.59 Å². The van der Waals surface area contributed by atoms with Crippen molar-refractivity contribution in [2.45, 2.75) is 33.1 Å². The summed E-state index contributed by atoms with van der Waals surface area (Å²) in [6.45, 7) is 4.58. The topological polar surface area (TPSA) is 93.5 Å². The molecule has 6 nitrogen and oxygen atoms in total. The molecule has 0 saturated heterocycles. The van der Waals surface area contributed by atoms with Crippen molar-refractivity contribution in [2.24, 2.45) is 11.1 Å². The number of anilines is 1. The maximum Gasteiger partial charge on any atom is 0.231 e. The van der Waals surface area contributed by atoms with Crippen molar-refractivity contribution < 1.29 is 14.3 Å². The number of hydrogen-bond acceptors (Lipinski definition) is 4. The Bertz CT molecular complexity index is 508. The van der Waals surface area contributed by atoms with Crippen molar-refractivity contribution in [3.05, 3.63) is 24.3 Å². The van der Waals surface area contributed by atoms with E-state index in [0.29, 0.717) is 43.9 Å². The van der Waals surface area contributed by atoms with Gasteiger partial charge in [0.25, 0.3) is 0 Å². The van der Waals surface area contributed by atoms with Crippen molar-refractivity contribution in [2.75, 3.05) is 25.5 Å². The molecule has 0 radical (unpaired) electrons. The predicted molar refractivity (Wildman–Crippen MR) is 98.6 cm³/mol. The number of nitrogens with one attached hydrogen (secondary N) is 2. The van der Waals surface area contributed by atoms with Crippen molar-refractivity contribution in [1.82, 2.24) is 5.32 Å². The van der Waals surface area contributed by atoms with Gasteiger partial charge in [0, 0.05) is 19.3 Å². The summed E-state index contributed by atoms with van der Waals surface area (Å²) >= 11 is 0. The second-order valence-electron chi connectivity index (χ2n) is 5.44. The molecular weight excluding hydrogens is 330 g/mol. The number of amides is 2. The Morgan fingerprint density at radius 2 is 1.75 bits per heavy atom. The normalized spacial score (nSPS) is 10.5. The van der Waals surface area contributed by atoms with Crippen LogP contribution in [0.3, 0.4) is 0 Å². The minimum absolute atomic E-state index is 0. The zero-order chi connectivity index (χ0) is 17.3. The zero-order valence-electron chi connectivity index (χ0n) is 14.6. The lowest BCUT2D eigenvalue weighted by Crippen LogP contribution is -2.41. The van der Waals surface area contributed by atoms with Crippen LogP contribution in [0.1, 0.15) is 33.1 Å². The molecule has 0 aliphatic rings. The van der Waals surface area contributed by atoms with Crippen LogP contribution < -0.4 is 21.1 Å². The number of hydrogen-bond donors (Lipinski definition) is 3. The van der Waals surface area contributed by atoms with E-state index < -0.39 is 5.41 Å². The molecular formula is C17H28ClN3O3. The zero-order valence-corrected chi connectivity index (χ0v) is 15.4. The fourth-order valence-electron chi connectivity index (χ4n) is 2.24. The Balaban J connectivity index is 0.00000529. The van der Waals surface area contributed by atoms with Gasteiger partial charge in [-0.1, -0.05) is 13.8 Å². The number of halogens is 1. The number of ether oxygens (including phenoxy) is 1. The summed E-state index contributed by atoms with van der Waals surface area (Å²) in [5.74, 6) is 0.535. The Kier molecular flexibility index (Phi) is 10.1. The van der Waals surface area contributed by atoms with Gasteiger partial charge in [0.15, 0.2) is 0 Å². The molecule has 0 aliphatic heterocycles. The summed E-state index contributed by atoms with van der Waals surface area (Å²) in [5.41, 5.74) is 5.96. The Morgan fingerprint density at radius 1 is 1.17 bits per heavy atom. The van der Waals surface area contributed by atoms with Gasteiger partial charge >= 0.3 is 0 Å². The third kappa shape index (κ3) is 6.02. The van der Waals surface area contributed by atoms with E-state index in [0.717, 1.165) is 0 Å². The van der Waals surface area contributed by atoms with Crippen LogP contribution in [0.4, 0.5) is 5.69 Å². The highest BCUT2D eigenvalue weighted by Crippen LogP contribution is 2.27. The second-order valence-corrected chi connectivity index (χ2v) is 5.44. The standard InChI is InChI=1S/C17H27N3O3.ClH/c1-4-17(5-2,12-18)16(22)20-13-6-8-14(9-7-13)23-11-10-15(21)19-3;/h6-9H,4-5,10-12,18H2,1-3H3,(H,19,21)(H,20,22);1H. The third-order valence-corrected chi connectivity index (χ3v) is 4.21. The first-order valence-corrected chi connectivity index (χ1v) is 7.96. The van der Waals surface area contributed by atoms with E-state index in [4.69, 9.17) is 10.5 Å². The minimum Gasteiger partial charge on any atom is -0.493 e. The van der Waals surface area contributed by atoms with Gasteiger partial charge < -0.3 is 21.1 Å². The van der Waals surface area contributed by atoms with Crippen molar-refractivity contribution in [3.8, 4) is 5.75 Å². The van der Waals surface area contributed by atoms with E-state index in [1.807, 2.05) is 13.8 Å². The number of nitrogens with two attached hydrogens (primary N) is 1. The molecule has 0 atom stereocenters. The molecule has 0 aliphatic carbocycles. The first-order chi connectivity index (χ1) is 11.0. The molecule has 0 fully saturated rings. The van der Waals surface area contributed by atoms with Crippen LogP contribution in [-0.4, -0.2) is 32.0 Å². The molecule has 1 aromatic carbocycles. The van der Waals surface area contributed by atoms with E-state index in [1.165, 1.54) is 0 Å². The molecule has 2 amide bonds. The molecule has 24 heavy (non-hydrogen) atoms. The highest BCUT2D eigenvalue weighted by Gasteiger charge is 2.33. The number of benzene rings is 1. The van der Waals surface area contributed by atoms with Crippen LogP contribution in [0.25, 0.3) is 0 Å². The second kappa shape index (κ2) is 10.9. The van der Waals surface area contributed by atoms with Crippen LogP contribution in [0.2, 0.25) is 0 Å². The molecule has 0 aromatic heterocycles. The fourth-order valence-corrected chi connectivity index (χ4v) is 2.24. The van der Waals surface area contributed by atoms with Gasteiger partial charge in [0.2, 0.25) is 11.8 Å². The van der Waals surface area contributed by atoms with E-state index >= 15 is 0 Å². The summed E-state index contributed by atoms with van der Waals surface area (Å²) in [7, 11) is 1.59. The number of carbonyl (C=O) groups excluding carboxylic acids is 2. The van der Waals surface area contributed by atoms with Gasteiger partial charge in [-0.25, -0.2) is 0 Å². The molecule has 7 heteroatoms. The van der Waals surface area contributed by atoms with E-state index in [9.17, 15) is 9.59 Å². The van der Waals surface area contributed by atoms with E-state index in [2.05, 4.69) is 10.6 Å². The maximum absolute atomic E-state index is 12.4. The van der Waals surface area contributed by atoms with E-state index in [1.54, 1.807) is 31.3 Å². The molecule has 0 spiro atoms. The Labute approximate surface area is 149 Å². The van der Waals surface area contributed by atoms with Crippen molar-refractivity contribution in [1.29, 1.82) is 0 Å². The maximum atomic E-state index is 12.4. The molecule has 1 aromatic rings. The monoisotopic (exact) mass is 357 g/mol. The number of rotatable bonds is 9. The van der Waals surface area contributed by atoms with Gasteiger partial charge in [0.05, 0.1) is 18.4 Å². The first kappa shape index (κ1) is 22.2. The lowest BCUT2D eigenvalue weighted by molar-refractivity contribution is -0.125. The van der Waals surface area contributed by atoms with Crippen LogP contribution >= 0.6 is 12.4 Å². The summed E-state index contributed by atoms with van der Waals surface area (Å²) in [6, 6.07) is 7.09. The lowest BCUT2D eigenvalue weighted by Gasteiger charge is -2.28. The van der Waals surface area contributed by atoms with Crippen LogP contribution in [0, 0.1) is 5.41 Å². The largest absolute Gasteiger partial charge is 0.493 e. The third-order valence-electron chi connectivity index (χ3n) is 4.21. The highest BCUT2D eigenvalue weighted by atomic mass is 35.5. The van der Waals surface area contributed by atoms with Crippen LogP contribution in [0.15, 0.2) is 24.3 Å². The van der Waals surface area contributed by atoms with Gasteiger partial charge in [-0.15, -0.1) is 12.4 Å². The van der Waals surface area contributed by atoms with Gasteiger partial charge in [-0.2, -0.15) is 0 Å². The lowest BCUT2D eigenvalue weighted by atomic mass is 9.81. The Hall–Kier alpha value is -1.79. The number of carbonyl (C=O) groups is 2. The SMILES string of the molecule is CCC(CC)(CN)C(=O)Nc1ccc(OCCC(=O)NC)cc1.Cl. The highest BCUT2D eigenvalue weighted by molar-refractivity contribution is 5.95. The first-order valence-electron chi connectivity index (χ1n) is 7.96. The van der Waals surface area contributed by atoms with Crippen molar-refractivity contribution >= 4 is 29.9 Å². The van der Waals surface area contributed by atoms with Crippen molar-refractivity contribution in [3.63, 3.8) is 0 Å². The predicted octanol–water partition coefficient (Wildman–Crippen LogP) is 2.33.